The predicted octanol–water partition coefficient (Wildman–Crippen LogP) is 4.17. The van der Waals surface area contributed by atoms with Crippen LogP contribution in [0.2, 0.25) is 0 Å². The third-order valence-corrected chi connectivity index (χ3v) is 5.85. The molecule has 29 heavy (non-hydrogen) atoms. The molecular formula is C22H23F3N2O2. The molecule has 0 spiro atoms. The van der Waals surface area contributed by atoms with Gasteiger partial charge in [-0.1, -0.05) is 30.8 Å². The molecule has 1 aromatic carbocycles. The summed E-state index contributed by atoms with van der Waals surface area (Å²) in [7, 11) is 0. The summed E-state index contributed by atoms with van der Waals surface area (Å²) in [5.41, 5.74) is 1.85. The Bertz CT molecular complexity index is 866. The monoisotopic (exact) mass is 404 g/mol. The number of nitrogens with zero attached hydrogens (tertiary/aromatic N) is 2. The molecule has 7 heteroatoms. The first-order chi connectivity index (χ1) is 13.8. The van der Waals surface area contributed by atoms with Gasteiger partial charge in [-0.05, 0) is 36.1 Å². The second-order valence-corrected chi connectivity index (χ2v) is 7.78. The minimum absolute atomic E-state index is 0.150. The fraction of sp³-hybridized carbons (Fsp3) is 0.409. The summed E-state index contributed by atoms with van der Waals surface area (Å²) in [5.74, 6) is 0.150. The van der Waals surface area contributed by atoms with Crippen LogP contribution in [0.1, 0.15) is 41.1 Å². The van der Waals surface area contributed by atoms with E-state index < -0.39 is 17.3 Å². The van der Waals surface area contributed by atoms with Gasteiger partial charge in [0.25, 0.3) is 0 Å². The third-order valence-electron chi connectivity index (χ3n) is 5.85. The van der Waals surface area contributed by atoms with E-state index in [0.29, 0.717) is 18.9 Å². The number of rotatable bonds is 4. The number of hydrogen-bond acceptors (Lipinski definition) is 4. The first-order valence-electron chi connectivity index (χ1n) is 9.64. The summed E-state index contributed by atoms with van der Waals surface area (Å²) in [4.78, 5) is 6.24. The van der Waals surface area contributed by atoms with Gasteiger partial charge in [0.2, 0.25) is 0 Å². The molecular weight excluding hydrogens is 381 g/mol. The largest absolute Gasteiger partial charge is 0.417 e. The van der Waals surface area contributed by atoms with Crippen molar-refractivity contribution in [1.82, 2.24) is 9.88 Å². The molecule has 2 aliphatic heterocycles. The topological polar surface area (TPSA) is 45.6 Å². The van der Waals surface area contributed by atoms with Crippen molar-refractivity contribution in [2.24, 2.45) is 0 Å². The maximum Gasteiger partial charge on any atom is 0.417 e. The van der Waals surface area contributed by atoms with Gasteiger partial charge in [0.1, 0.15) is 5.60 Å². The van der Waals surface area contributed by atoms with Crippen molar-refractivity contribution in [3.05, 3.63) is 71.6 Å². The van der Waals surface area contributed by atoms with E-state index in [-0.39, 0.29) is 5.92 Å². The molecule has 3 heterocycles. The molecule has 0 bridgehead atoms. The summed E-state index contributed by atoms with van der Waals surface area (Å²) in [6, 6.07) is 10.3. The summed E-state index contributed by atoms with van der Waals surface area (Å²) in [5, 5.41) is 10.3. The number of alkyl halides is 3. The zero-order chi connectivity index (χ0) is 20.6. The van der Waals surface area contributed by atoms with Crippen molar-refractivity contribution < 1.29 is 23.0 Å². The van der Waals surface area contributed by atoms with Crippen LogP contribution in [0.25, 0.3) is 5.70 Å². The molecule has 0 radical (unpaired) electrons. The maximum atomic E-state index is 12.7. The lowest BCUT2D eigenvalue weighted by molar-refractivity contribution is -0.184. The van der Waals surface area contributed by atoms with Gasteiger partial charge >= 0.3 is 6.18 Å². The van der Waals surface area contributed by atoms with Crippen LogP contribution >= 0.6 is 0 Å². The highest BCUT2D eigenvalue weighted by Gasteiger charge is 2.38. The van der Waals surface area contributed by atoms with Crippen molar-refractivity contribution in [2.75, 3.05) is 26.3 Å². The number of pyridine rings is 1. The van der Waals surface area contributed by atoms with Crippen LogP contribution in [0.5, 0.6) is 0 Å². The first kappa shape index (κ1) is 19.9. The van der Waals surface area contributed by atoms with Crippen molar-refractivity contribution in [3.63, 3.8) is 0 Å². The number of ether oxygens (including phenoxy) is 1. The van der Waals surface area contributed by atoms with Crippen LogP contribution < -0.4 is 0 Å². The van der Waals surface area contributed by atoms with Crippen LogP contribution in [0, 0.1) is 0 Å². The van der Waals surface area contributed by atoms with E-state index in [1.165, 1.54) is 6.07 Å². The molecule has 2 fully saturated rings. The Morgan fingerprint density at radius 3 is 2.24 bits per heavy atom. The molecule has 2 aliphatic rings. The fourth-order valence-electron chi connectivity index (χ4n) is 3.88. The van der Waals surface area contributed by atoms with Gasteiger partial charge in [0.05, 0.1) is 18.8 Å². The lowest BCUT2D eigenvalue weighted by Gasteiger charge is -2.37. The number of likely N-dealkylation sites (tertiary alicyclic amines) is 1. The Labute approximate surface area is 167 Å². The molecule has 1 aromatic heterocycles. The molecule has 0 aliphatic carbocycles. The van der Waals surface area contributed by atoms with Crippen LogP contribution in [0.4, 0.5) is 13.2 Å². The van der Waals surface area contributed by atoms with Gasteiger partial charge in [-0.25, -0.2) is 0 Å². The van der Waals surface area contributed by atoms with E-state index in [2.05, 4.69) is 16.5 Å². The van der Waals surface area contributed by atoms with E-state index in [9.17, 15) is 18.3 Å². The second-order valence-electron chi connectivity index (χ2n) is 7.78. The smallest absolute Gasteiger partial charge is 0.380 e. The van der Waals surface area contributed by atoms with Crippen molar-refractivity contribution in [2.45, 2.75) is 30.5 Å². The SMILES string of the molecule is C=C(c1ccc(C2(O)COC2)cc1)N1CCC(c2ccc(C(F)(F)F)cn2)CC1. The van der Waals surface area contributed by atoms with Gasteiger partial charge in [-0.3, -0.25) is 4.98 Å². The van der Waals surface area contributed by atoms with Crippen LogP contribution in [0.3, 0.4) is 0 Å². The van der Waals surface area contributed by atoms with Gasteiger partial charge < -0.3 is 14.7 Å². The quantitative estimate of drug-likeness (QED) is 0.831. The number of hydrogen-bond donors (Lipinski definition) is 1. The molecule has 4 nitrogen and oxygen atoms in total. The van der Waals surface area contributed by atoms with Crippen molar-refractivity contribution in [1.29, 1.82) is 0 Å². The van der Waals surface area contributed by atoms with Crippen molar-refractivity contribution >= 4 is 5.70 Å². The standard InChI is InChI=1S/C22H23F3N2O2/c1-15(16-2-4-18(5-3-16)21(28)13-29-14-21)27-10-8-17(9-11-27)20-7-6-19(12-26-20)22(23,24)25/h2-7,12,17,28H,1,8-11,13-14H2. The number of piperidine rings is 1. The molecule has 2 aromatic rings. The zero-order valence-electron chi connectivity index (χ0n) is 16.0. The molecule has 154 valence electrons. The predicted molar refractivity (Wildman–Crippen MR) is 103 cm³/mol. The fourth-order valence-corrected chi connectivity index (χ4v) is 3.88. The van der Waals surface area contributed by atoms with Crippen molar-refractivity contribution in [3.8, 4) is 0 Å². The zero-order valence-corrected chi connectivity index (χ0v) is 16.0. The van der Waals surface area contributed by atoms with Crippen LogP contribution in [-0.2, 0) is 16.5 Å². The highest BCUT2D eigenvalue weighted by molar-refractivity contribution is 5.62. The minimum atomic E-state index is -4.36. The lowest BCUT2D eigenvalue weighted by atomic mass is 9.90. The number of aliphatic hydroxyl groups is 1. The van der Waals surface area contributed by atoms with E-state index in [4.69, 9.17) is 4.74 Å². The number of aromatic nitrogens is 1. The molecule has 0 atom stereocenters. The highest BCUT2D eigenvalue weighted by Crippen LogP contribution is 2.34. The van der Waals surface area contributed by atoms with Gasteiger partial charge in [0.15, 0.2) is 0 Å². The Morgan fingerprint density at radius 1 is 1.10 bits per heavy atom. The summed E-state index contributed by atoms with van der Waals surface area (Å²) < 4.78 is 43.2. The van der Waals surface area contributed by atoms with Crippen LogP contribution in [-0.4, -0.2) is 41.3 Å². The summed E-state index contributed by atoms with van der Waals surface area (Å²) in [6.07, 6.45) is -1.81. The second kappa shape index (κ2) is 7.46. The Balaban J connectivity index is 1.36. The Kier molecular flexibility index (Phi) is 5.12. The maximum absolute atomic E-state index is 12.7. The summed E-state index contributed by atoms with van der Waals surface area (Å²) in [6.45, 7) is 6.38. The molecule has 1 N–H and O–H groups in total. The molecule has 0 unspecified atom stereocenters. The van der Waals surface area contributed by atoms with Gasteiger partial charge in [-0.15, -0.1) is 0 Å². The average Bonchev–Trinajstić information content (AvgIpc) is 2.71. The van der Waals surface area contributed by atoms with E-state index in [1.807, 2.05) is 24.3 Å². The minimum Gasteiger partial charge on any atom is -0.380 e. The molecule has 0 amide bonds. The summed E-state index contributed by atoms with van der Waals surface area (Å²) >= 11 is 0. The molecule has 2 saturated heterocycles. The van der Waals surface area contributed by atoms with E-state index >= 15 is 0 Å². The number of halogens is 3. The lowest BCUT2D eigenvalue weighted by Crippen LogP contribution is -2.46. The van der Waals surface area contributed by atoms with Crippen LogP contribution in [0.15, 0.2) is 49.2 Å². The van der Waals surface area contributed by atoms with Gasteiger partial charge in [-0.2, -0.15) is 13.2 Å². The highest BCUT2D eigenvalue weighted by atomic mass is 19.4. The van der Waals surface area contributed by atoms with E-state index in [1.54, 1.807) is 0 Å². The third kappa shape index (κ3) is 4.02. The molecule has 0 saturated carbocycles. The first-order valence-corrected chi connectivity index (χ1v) is 9.64. The van der Waals surface area contributed by atoms with E-state index in [0.717, 1.165) is 55.0 Å². The Morgan fingerprint density at radius 2 is 1.76 bits per heavy atom. The van der Waals surface area contributed by atoms with Gasteiger partial charge in [0, 0.05) is 36.6 Å². The molecule has 4 rings (SSSR count). The average molecular weight is 404 g/mol. The Hall–Kier alpha value is -2.38. The normalized spacial score (nSPS) is 19.7. The number of benzene rings is 1.